The lowest BCUT2D eigenvalue weighted by atomic mass is 9.99. The Bertz CT molecular complexity index is 823. The van der Waals surface area contributed by atoms with E-state index < -0.39 is 10.0 Å². The molecule has 0 saturated carbocycles. The number of aryl methyl sites for hydroxylation is 1. The lowest BCUT2D eigenvalue weighted by molar-refractivity contribution is -0.121. The fraction of sp³-hybridized carbons (Fsp3) is 0.556. The minimum absolute atomic E-state index is 0.0318. The molecule has 2 amide bonds. The van der Waals surface area contributed by atoms with Crippen molar-refractivity contribution in [2.75, 3.05) is 19.6 Å². The van der Waals surface area contributed by atoms with Gasteiger partial charge in [0.05, 0.1) is 4.90 Å². The quantitative estimate of drug-likeness (QED) is 0.640. The summed E-state index contributed by atoms with van der Waals surface area (Å²) in [5.41, 5.74) is 6.90. The van der Waals surface area contributed by atoms with Crippen LogP contribution >= 0.6 is 0 Å². The number of carbonyl (C=O) groups is 2. The van der Waals surface area contributed by atoms with Gasteiger partial charge < -0.3 is 16.0 Å². The van der Waals surface area contributed by atoms with Gasteiger partial charge in [-0.25, -0.2) is 13.6 Å². The summed E-state index contributed by atoms with van der Waals surface area (Å²) >= 11 is 0. The van der Waals surface area contributed by atoms with E-state index in [1.54, 1.807) is 24.8 Å². The number of benzene rings is 1. The number of nitrogens with zero attached hydrogens (tertiary/aromatic N) is 1. The van der Waals surface area contributed by atoms with Gasteiger partial charge in [-0.2, -0.15) is 0 Å². The highest BCUT2D eigenvalue weighted by Gasteiger charge is 2.29. The average Bonchev–Trinajstić information content (AvgIpc) is 2.61. The molecule has 150 valence electrons. The van der Waals surface area contributed by atoms with E-state index in [0.29, 0.717) is 29.8 Å². The van der Waals surface area contributed by atoms with Gasteiger partial charge in [0, 0.05) is 37.7 Å². The molecule has 0 bridgehead atoms. The Morgan fingerprint density at radius 2 is 1.96 bits per heavy atom. The van der Waals surface area contributed by atoms with Gasteiger partial charge in [0.25, 0.3) is 5.91 Å². The molecule has 0 aliphatic carbocycles. The zero-order valence-corrected chi connectivity index (χ0v) is 16.6. The summed E-state index contributed by atoms with van der Waals surface area (Å²) in [6.07, 6.45) is 2.86. The molecule has 1 fully saturated rings. The number of carbonyl (C=O) groups excluding carboxylic acids is 2. The number of hydrogen-bond donors (Lipinski definition) is 3. The standard InChI is InChI=1S/C18H28N4O4S/c1-12-9-14(10-16(13(12)2)27(20,25)26)18(24)22-8-4-3-5-15(22)11-21-17(23)6-7-19/h9-10,15H,3-8,11,19H2,1-2H3,(H,21,23)(H2,20,25,26). The Balaban J connectivity index is 2.26. The van der Waals surface area contributed by atoms with Crippen molar-refractivity contribution in [3.63, 3.8) is 0 Å². The van der Waals surface area contributed by atoms with E-state index in [-0.39, 0.29) is 35.7 Å². The van der Waals surface area contributed by atoms with Crippen molar-refractivity contribution in [1.82, 2.24) is 10.2 Å². The summed E-state index contributed by atoms with van der Waals surface area (Å²) in [6, 6.07) is 2.90. The van der Waals surface area contributed by atoms with Crippen LogP contribution in [0.15, 0.2) is 17.0 Å². The van der Waals surface area contributed by atoms with Crippen molar-refractivity contribution < 1.29 is 18.0 Å². The Morgan fingerprint density at radius 3 is 2.59 bits per heavy atom. The van der Waals surface area contributed by atoms with Gasteiger partial charge in [0.1, 0.15) is 0 Å². The normalized spacial score (nSPS) is 17.6. The predicted molar refractivity (Wildman–Crippen MR) is 103 cm³/mol. The second-order valence-electron chi connectivity index (χ2n) is 6.95. The number of piperidine rings is 1. The molecule has 1 aliphatic heterocycles. The maximum absolute atomic E-state index is 13.1. The Hall–Kier alpha value is -1.97. The fourth-order valence-electron chi connectivity index (χ4n) is 3.34. The molecular formula is C18H28N4O4S. The van der Waals surface area contributed by atoms with Crippen LogP contribution in [0.25, 0.3) is 0 Å². The highest BCUT2D eigenvalue weighted by molar-refractivity contribution is 7.89. The minimum Gasteiger partial charge on any atom is -0.354 e. The third kappa shape index (κ3) is 5.27. The number of hydrogen-bond acceptors (Lipinski definition) is 5. The molecular weight excluding hydrogens is 368 g/mol. The zero-order chi connectivity index (χ0) is 20.2. The number of amides is 2. The van der Waals surface area contributed by atoms with Gasteiger partial charge in [-0.05, 0) is 56.4 Å². The molecule has 1 aromatic rings. The van der Waals surface area contributed by atoms with E-state index in [9.17, 15) is 18.0 Å². The third-order valence-corrected chi connectivity index (χ3v) is 6.00. The topological polar surface area (TPSA) is 136 Å². The lowest BCUT2D eigenvalue weighted by Gasteiger charge is -2.36. The largest absolute Gasteiger partial charge is 0.354 e. The third-order valence-electron chi connectivity index (χ3n) is 4.97. The predicted octanol–water partition coefficient (Wildman–Crippen LogP) is 0.411. The van der Waals surface area contributed by atoms with Crippen LogP contribution in [-0.2, 0) is 14.8 Å². The van der Waals surface area contributed by atoms with Crippen LogP contribution in [0.4, 0.5) is 0 Å². The number of nitrogens with two attached hydrogens (primary N) is 2. The van der Waals surface area contributed by atoms with Gasteiger partial charge in [-0.1, -0.05) is 0 Å². The fourth-order valence-corrected chi connectivity index (χ4v) is 4.22. The van der Waals surface area contributed by atoms with Gasteiger partial charge in [-0.15, -0.1) is 0 Å². The molecule has 1 saturated heterocycles. The number of rotatable bonds is 6. The van der Waals surface area contributed by atoms with Crippen LogP contribution in [0, 0.1) is 13.8 Å². The van der Waals surface area contributed by atoms with Gasteiger partial charge in [0.2, 0.25) is 15.9 Å². The zero-order valence-electron chi connectivity index (χ0n) is 15.8. The Labute approximate surface area is 160 Å². The van der Waals surface area contributed by atoms with Gasteiger partial charge >= 0.3 is 0 Å². The van der Waals surface area contributed by atoms with Crippen molar-refractivity contribution in [3.05, 3.63) is 28.8 Å². The van der Waals surface area contributed by atoms with E-state index in [0.717, 1.165) is 19.3 Å². The molecule has 1 aliphatic rings. The highest BCUT2D eigenvalue weighted by atomic mass is 32.2. The number of primary sulfonamides is 1. The summed E-state index contributed by atoms with van der Waals surface area (Å²) < 4.78 is 23.7. The van der Waals surface area contributed by atoms with E-state index in [4.69, 9.17) is 10.9 Å². The van der Waals surface area contributed by atoms with Crippen LogP contribution in [-0.4, -0.2) is 50.8 Å². The molecule has 0 radical (unpaired) electrons. The lowest BCUT2D eigenvalue weighted by Crippen LogP contribution is -2.49. The molecule has 1 atom stereocenters. The molecule has 8 nitrogen and oxygen atoms in total. The number of likely N-dealkylation sites (tertiary alicyclic amines) is 1. The summed E-state index contributed by atoms with van der Waals surface area (Å²) in [4.78, 5) is 26.5. The van der Waals surface area contributed by atoms with Crippen LogP contribution < -0.4 is 16.2 Å². The molecule has 1 heterocycles. The molecule has 1 aromatic carbocycles. The number of sulfonamides is 1. The monoisotopic (exact) mass is 396 g/mol. The van der Waals surface area contributed by atoms with Crippen molar-refractivity contribution in [1.29, 1.82) is 0 Å². The summed E-state index contributed by atoms with van der Waals surface area (Å²) in [5, 5.41) is 8.12. The second kappa shape index (κ2) is 8.81. The SMILES string of the molecule is Cc1cc(C(=O)N2CCCCC2CNC(=O)CCN)cc(S(N)(=O)=O)c1C. The molecule has 27 heavy (non-hydrogen) atoms. The van der Waals surface area contributed by atoms with Crippen LogP contribution in [0.5, 0.6) is 0 Å². The first-order valence-electron chi connectivity index (χ1n) is 9.07. The summed E-state index contributed by atoms with van der Waals surface area (Å²) in [6.45, 7) is 4.62. The highest BCUT2D eigenvalue weighted by Crippen LogP contribution is 2.24. The van der Waals surface area contributed by atoms with Crippen molar-refractivity contribution in [2.24, 2.45) is 10.9 Å². The Kier molecular flexibility index (Phi) is 6.96. The van der Waals surface area contributed by atoms with Crippen molar-refractivity contribution in [2.45, 2.75) is 50.5 Å². The van der Waals surface area contributed by atoms with Crippen LogP contribution in [0.3, 0.4) is 0 Å². The van der Waals surface area contributed by atoms with E-state index in [1.807, 2.05) is 0 Å². The Morgan fingerprint density at radius 1 is 1.26 bits per heavy atom. The van der Waals surface area contributed by atoms with Crippen molar-refractivity contribution >= 4 is 21.8 Å². The van der Waals surface area contributed by atoms with Crippen LogP contribution in [0.2, 0.25) is 0 Å². The first-order valence-corrected chi connectivity index (χ1v) is 10.6. The molecule has 5 N–H and O–H groups in total. The van der Waals surface area contributed by atoms with E-state index >= 15 is 0 Å². The van der Waals surface area contributed by atoms with Gasteiger partial charge in [-0.3, -0.25) is 9.59 Å². The molecule has 1 unspecified atom stereocenters. The second-order valence-corrected chi connectivity index (χ2v) is 8.48. The molecule has 2 rings (SSSR count). The number of nitrogens with one attached hydrogen (secondary N) is 1. The maximum Gasteiger partial charge on any atom is 0.254 e. The first kappa shape index (κ1) is 21.3. The van der Waals surface area contributed by atoms with Crippen molar-refractivity contribution in [3.8, 4) is 0 Å². The van der Waals surface area contributed by atoms with E-state index in [1.165, 1.54) is 6.07 Å². The molecule has 9 heteroatoms. The smallest absolute Gasteiger partial charge is 0.254 e. The molecule has 0 aromatic heterocycles. The maximum atomic E-state index is 13.1. The van der Waals surface area contributed by atoms with Crippen LogP contribution in [0.1, 0.15) is 47.2 Å². The molecule has 0 spiro atoms. The summed E-state index contributed by atoms with van der Waals surface area (Å²) in [7, 11) is -3.92. The van der Waals surface area contributed by atoms with Gasteiger partial charge in [0.15, 0.2) is 0 Å². The first-order chi connectivity index (χ1) is 12.6. The minimum atomic E-state index is -3.92. The summed E-state index contributed by atoms with van der Waals surface area (Å²) in [5.74, 6) is -0.390. The van der Waals surface area contributed by atoms with E-state index in [2.05, 4.69) is 5.32 Å². The average molecular weight is 397 g/mol.